The predicted octanol–water partition coefficient (Wildman–Crippen LogP) is 3.53. The lowest BCUT2D eigenvalue weighted by atomic mass is 10.3. The number of nitrogens with zero attached hydrogens (tertiary/aromatic N) is 4. The Kier molecular flexibility index (Phi) is 4.85. The molecule has 0 aliphatic rings. The molecule has 124 valence electrons. The van der Waals surface area contributed by atoms with Gasteiger partial charge in [-0.05, 0) is 32.0 Å². The molecule has 0 unspecified atom stereocenters. The number of rotatable bonds is 6. The summed E-state index contributed by atoms with van der Waals surface area (Å²) in [5.41, 5.74) is 0.724. The van der Waals surface area contributed by atoms with E-state index in [1.54, 1.807) is 19.5 Å². The molecule has 0 fully saturated rings. The van der Waals surface area contributed by atoms with Crippen LogP contribution >= 0.6 is 11.3 Å². The largest absolute Gasteiger partial charge is 0.495 e. The molecule has 7 nitrogen and oxygen atoms in total. The molecular weight excluding hydrogens is 326 g/mol. The summed E-state index contributed by atoms with van der Waals surface area (Å²) in [6.07, 6.45) is 3.44. The van der Waals surface area contributed by atoms with Gasteiger partial charge >= 0.3 is 0 Å². The fourth-order valence-electron chi connectivity index (χ4n) is 1.94. The first-order valence-electron chi connectivity index (χ1n) is 7.37. The average molecular weight is 343 g/mol. The molecule has 3 aromatic heterocycles. The first-order valence-corrected chi connectivity index (χ1v) is 8.19. The van der Waals surface area contributed by atoms with Gasteiger partial charge in [0.05, 0.1) is 19.4 Å². The number of nitrogens with one attached hydrogen (secondary N) is 1. The number of methoxy groups -OCH3 is 1. The van der Waals surface area contributed by atoms with E-state index in [4.69, 9.17) is 9.47 Å². The molecule has 3 rings (SSSR count). The lowest BCUT2D eigenvalue weighted by Gasteiger charge is -2.09. The fraction of sp³-hybridized carbons (Fsp3) is 0.250. The Morgan fingerprint density at radius 3 is 2.67 bits per heavy atom. The van der Waals surface area contributed by atoms with Gasteiger partial charge in [0.25, 0.3) is 0 Å². The van der Waals surface area contributed by atoms with Gasteiger partial charge in [-0.2, -0.15) is 0 Å². The Hall–Kier alpha value is -2.74. The molecule has 0 bridgehead atoms. The molecule has 0 spiro atoms. The second-order valence-electron chi connectivity index (χ2n) is 5.16. The van der Waals surface area contributed by atoms with Crippen LogP contribution in [0.3, 0.4) is 0 Å². The van der Waals surface area contributed by atoms with Crippen LogP contribution in [0.5, 0.6) is 11.5 Å². The standard InChI is InChI=1S/C16H17N5O2S/c1-10(2)23-11-6-7-17-13(8-11)15-20-21-16(24-15)19-14-5-4-12(22-3)9-18-14/h4-10H,1-3H3,(H,18,19,21). The van der Waals surface area contributed by atoms with Crippen LogP contribution in [-0.4, -0.2) is 33.4 Å². The van der Waals surface area contributed by atoms with E-state index < -0.39 is 0 Å². The SMILES string of the molecule is COc1ccc(Nc2nnc(-c3cc(OC(C)C)ccn3)s2)nc1. The Morgan fingerprint density at radius 2 is 1.96 bits per heavy atom. The molecule has 1 N–H and O–H groups in total. The van der Waals surface area contributed by atoms with Gasteiger partial charge in [0.2, 0.25) is 5.13 Å². The summed E-state index contributed by atoms with van der Waals surface area (Å²) in [5, 5.41) is 12.8. The van der Waals surface area contributed by atoms with Gasteiger partial charge in [-0.15, -0.1) is 10.2 Å². The van der Waals surface area contributed by atoms with Crippen molar-refractivity contribution in [2.24, 2.45) is 0 Å². The third kappa shape index (κ3) is 3.96. The minimum Gasteiger partial charge on any atom is -0.495 e. The van der Waals surface area contributed by atoms with Crippen LogP contribution in [-0.2, 0) is 0 Å². The highest BCUT2D eigenvalue weighted by Crippen LogP contribution is 2.28. The highest BCUT2D eigenvalue weighted by molar-refractivity contribution is 7.18. The fourth-order valence-corrected chi connectivity index (χ4v) is 2.65. The number of aromatic nitrogens is 4. The van der Waals surface area contributed by atoms with Crippen LogP contribution in [0.4, 0.5) is 10.9 Å². The van der Waals surface area contributed by atoms with Crippen molar-refractivity contribution in [1.82, 2.24) is 20.2 Å². The molecule has 24 heavy (non-hydrogen) atoms. The van der Waals surface area contributed by atoms with Crippen molar-refractivity contribution in [3.8, 4) is 22.2 Å². The molecule has 0 radical (unpaired) electrons. The van der Waals surface area contributed by atoms with E-state index in [0.717, 1.165) is 11.4 Å². The Morgan fingerprint density at radius 1 is 1.08 bits per heavy atom. The molecule has 0 saturated heterocycles. The Labute approximate surface area is 143 Å². The van der Waals surface area contributed by atoms with Crippen LogP contribution in [0.25, 0.3) is 10.7 Å². The van der Waals surface area contributed by atoms with Crippen LogP contribution in [0.15, 0.2) is 36.7 Å². The monoisotopic (exact) mass is 343 g/mol. The normalized spacial score (nSPS) is 10.7. The lowest BCUT2D eigenvalue weighted by molar-refractivity contribution is 0.242. The van der Waals surface area contributed by atoms with Gasteiger partial charge < -0.3 is 14.8 Å². The van der Waals surface area contributed by atoms with Crippen LogP contribution in [0.1, 0.15) is 13.8 Å². The summed E-state index contributed by atoms with van der Waals surface area (Å²) in [4.78, 5) is 8.57. The van der Waals surface area contributed by atoms with E-state index in [1.165, 1.54) is 11.3 Å². The van der Waals surface area contributed by atoms with E-state index >= 15 is 0 Å². The zero-order valence-corrected chi connectivity index (χ0v) is 14.4. The summed E-state index contributed by atoms with van der Waals surface area (Å²) in [5.74, 6) is 2.13. The maximum absolute atomic E-state index is 5.68. The number of ether oxygens (including phenoxy) is 2. The smallest absolute Gasteiger partial charge is 0.211 e. The Bertz CT molecular complexity index is 804. The van der Waals surface area contributed by atoms with Gasteiger partial charge in [-0.1, -0.05) is 11.3 Å². The van der Waals surface area contributed by atoms with Crippen LogP contribution in [0, 0.1) is 0 Å². The van der Waals surface area contributed by atoms with Gasteiger partial charge in [0.15, 0.2) is 5.01 Å². The highest BCUT2D eigenvalue weighted by atomic mass is 32.1. The van der Waals surface area contributed by atoms with Crippen molar-refractivity contribution in [3.63, 3.8) is 0 Å². The molecule has 3 heterocycles. The van der Waals surface area contributed by atoms with Crippen molar-refractivity contribution in [2.75, 3.05) is 12.4 Å². The van der Waals surface area contributed by atoms with E-state index in [2.05, 4.69) is 25.5 Å². The van der Waals surface area contributed by atoms with E-state index in [9.17, 15) is 0 Å². The number of hydrogen-bond donors (Lipinski definition) is 1. The van der Waals surface area contributed by atoms with E-state index in [-0.39, 0.29) is 6.10 Å². The molecule has 3 aromatic rings. The summed E-state index contributed by atoms with van der Waals surface area (Å²) in [6.45, 7) is 3.96. The van der Waals surface area contributed by atoms with Gasteiger partial charge in [0, 0.05) is 12.3 Å². The molecule has 0 aliphatic heterocycles. The molecule has 0 aromatic carbocycles. The van der Waals surface area contributed by atoms with Gasteiger partial charge in [0.1, 0.15) is 23.0 Å². The summed E-state index contributed by atoms with van der Waals surface area (Å²) in [6, 6.07) is 7.32. The second-order valence-corrected chi connectivity index (χ2v) is 6.14. The van der Waals surface area contributed by atoms with Gasteiger partial charge in [-0.25, -0.2) is 4.98 Å². The van der Waals surface area contributed by atoms with E-state index in [1.807, 2.05) is 38.1 Å². The van der Waals surface area contributed by atoms with Gasteiger partial charge in [-0.3, -0.25) is 4.98 Å². The summed E-state index contributed by atoms with van der Waals surface area (Å²) < 4.78 is 10.8. The summed E-state index contributed by atoms with van der Waals surface area (Å²) >= 11 is 1.40. The number of pyridine rings is 2. The maximum atomic E-state index is 5.68. The first-order chi connectivity index (χ1) is 11.6. The van der Waals surface area contributed by atoms with Crippen molar-refractivity contribution in [3.05, 3.63) is 36.7 Å². The zero-order valence-electron chi connectivity index (χ0n) is 13.6. The zero-order chi connectivity index (χ0) is 16.9. The first kappa shape index (κ1) is 16.1. The van der Waals surface area contributed by atoms with Crippen molar-refractivity contribution in [1.29, 1.82) is 0 Å². The van der Waals surface area contributed by atoms with Crippen molar-refractivity contribution in [2.45, 2.75) is 20.0 Å². The van der Waals surface area contributed by atoms with Crippen LogP contribution in [0.2, 0.25) is 0 Å². The van der Waals surface area contributed by atoms with Crippen molar-refractivity contribution >= 4 is 22.3 Å². The quantitative estimate of drug-likeness (QED) is 0.733. The molecular formula is C16H17N5O2S. The molecule has 8 heteroatoms. The average Bonchev–Trinajstić information content (AvgIpc) is 3.04. The minimum absolute atomic E-state index is 0.105. The number of hydrogen-bond acceptors (Lipinski definition) is 8. The van der Waals surface area contributed by atoms with E-state index in [0.29, 0.717) is 21.7 Å². The molecule has 0 atom stereocenters. The molecule has 0 aliphatic carbocycles. The minimum atomic E-state index is 0.105. The topological polar surface area (TPSA) is 82.0 Å². The second kappa shape index (κ2) is 7.22. The Balaban J connectivity index is 1.75. The summed E-state index contributed by atoms with van der Waals surface area (Å²) in [7, 11) is 1.60. The highest BCUT2D eigenvalue weighted by Gasteiger charge is 2.10. The lowest BCUT2D eigenvalue weighted by Crippen LogP contribution is -2.05. The third-order valence-corrected chi connectivity index (χ3v) is 3.82. The molecule has 0 amide bonds. The predicted molar refractivity (Wildman–Crippen MR) is 93.0 cm³/mol. The molecule has 0 saturated carbocycles. The van der Waals surface area contributed by atoms with Crippen LogP contribution < -0.4 is 14.8 Å². The number of anilines is 2. The maximum Gasteiger partial charge on any atom is 0.211 e. The third-order valence-electron chi connectivity index (χ3n) is 2.95. The van der Waals surface area contributed by atoms with Crippen molar-refractivity contribution < 1.29 is 9.47 Å².